The zero-order chi connectivity index (χ0) is 18.0. The Morgan fingerprint density at radius 1 is 1.32 bits per heavy atom. The molecular weight excluding hydrogens is 314 g/mol. The fourth-order valence-electron chi connectivity index (χ4n) is 3.49. The van der Waals surface area contributed by atoms with Gasteiger partial charge in [-0.05, 0) is 49.1 Å². The summed E-state index contributed by atoms with van der Waals surface area (Å²) >= 11 is 0. The highest BCUT2D eigenvalue weighted by atomic mass is 16.4. The molecule has 2 atom stereocenters. The van der Waals surface area contributed by atoms with Crippen molar-refractivity contribution >= 4 is 17.6 Å². The minimum atomic E-state index is -0.849. The Hall–Kier alpha value is -2.62. The number of carboxylic acid groups (broad SMARTS) is 1. The van der Waals surface area contributed by atoms with E-state index >= 15 is 0 Å². The molecule has 0 spiro atoms. The number of hydrogen-bond acceptors (Lipinski definition) is 2. The molecule has 25 heavy (non-hydrogen) atoms. The second-order valence-corrected chi connectivity index (χ2v) is 6.53. The molecule has 0 radical (unpaired) electrons. The molecule has 1 fully saturated rings. The number of carbonyl (C=O) groups excluding carboxylic acids is 1. The van der Waals surface area contributed by atoms with E-state index in [9.17, 15) is 9.59 Å². The van der Waals surface area contributed by atoms with Crippen molar-refractivity contribution in [2.24, 2.45) is 0 Å². The summed E-state index contributed by atoms with van der Waals surface area (Å²) in [5, 5.41) is 9.15. The van der Waals surface area contributed by atoms with Gasteiger partial charge in [0.25, 0.3) is 5.91 Å². The molecule has 2 unspecified atom stereocenters. The molecule has 2 aliphatic rings. The number of carbonyl (C=O) groups is 2. The highest BCUT2D eigenvalue weighted by molar-refractivity contribution is 6.13. The molecule has 1 aliphatic carbocycles. The Bertz CT molecular complexity index is 771. The molecule has 1 saturated heterocycles. The van der Waals surface area contributed by atoms with Crippen molar-refractivity contribution in [3.63, 3.8) is 0 Å². The lowest BCUT2D eigenvalue weighted by Crippen LogP contribution is -2.33. The van der Waals surface area contributed by atoms with Gasteiger partial charge in [0.05, 0.1) is 12.0 Å². The zero-order valence-corrected chi connectivity index (χ0v) is 14.6. The molecule has 1 amide bonds. The summed E-state index contributed by atoms with van der Waals surface area (Å²) in [6.45, 7) is 3.79. The lowest BCUT2D eigenvalue weighted by Gasteiger charge is -2.25. The quantitative estimate of drug-likeness (QED) is 0.876. The molecule has 130 valence electrons. The SMILES string of the molecule is CCCC1C2=CCC=CC=C2C(=O)N1c1ccc(C(C)C(=O)O)cc1. The van der Waals surface area contributed by atoms with Gasteiger partial charge in [0, 0.05) is 11.3 Å². The highest BCUT2D eigenvalue weighted by Crippen LogP contribution is 2.38. The van der Waals surface area contributed by atoms with Crippen LogP contribution in [0, 0.1) is 0 Å². The topological polar surface area (TPSA) is 57.6 Å². The van der Waals surface area contributed by atoms with Crippen molar-refractivity contribution in [3.05, 3.63) is 65.3 Å². The van der Waals surface area contributed by atoms with Gasteiger partial charge in [-0.2, -0.15) is 0 Å². The number of rotatable bonds is 5. The van der Waals surface area contributed by atoms with Gasteiger partial charge in [-0.25, -0.2) is 0 Å². The average Bonchev–Trinajstić information content (AvgIpc) is 2.78. The fraction of sp³-hybridized carbons (Fsp3) is 0.333. The number of hydrogen-bond donors (Lipinski definition) is 1. The van der Waals surface area contributed by atoms with Crippen LogP contribution in [-0.4, -0.2) is 23.0 Å². The van der Waals surface area contributed by atoms with Crippen LogP contribution in [0.1, 0.15) is 44.6 Å². The van der Waals surface area contributed by atoms with Crippen molar-refractivity contribution in [1.82, 2.24) is 0 Å². The Morgan fingerprint density at radius 2 is 2.04 bits per heavy atom. The Labute approximate surface area is 148 Å². The molecule has 4 heteroatoms. The number of aliphatic carboxylic acids is 1. The Balaban J connectivity index is 1.97. The third-order valence-electron chi connectivity index (χ3n) is 4.91. The van der Waals surface area contributed by atoms with Gasteiger partial charge >= 0.3 is 5.97 Å². The van der Waals surface area contributed by atoms with Crippen LogP contribution in [0.4, 0.5) is 5.69 Å². The van der Waals surface area contributed by atoms with Gasteiger partial charge in [0.15, 0.2) is 0 Å². The molecule has 3 rings (SSSR count). The minimum Gasteiger partial charge on any atom is -0.481 e. The van der Waals surface area contributed by atoms with Crippen LogP contribution in [0.15, 0.2) is 59.7 Å². The Kier molecular flexibility index (Phi) is 4.88. The monoisotopic (exact) mass is 337 g/mol. The number of nitrogens with zero attached hydrogens (tertiary/aromatic N) is 1. The third-order valence-corrected chi connectivity index (χ3v) is 4.91. The second kappa shape index (κ2) is 7.09. The zero-order valence-electron chi connectivity index (χ0n) is 14.6. The van der Waals surface area contributed by atoms with Crippen molar-refractivity contribution in [3.8, 4) is 0 Å². The summed E-state index contributed by atoms with van der Waals surface area (Å²) in [7, 11) is 0. The second-order valence-electron chi connectivity index (χ2n) is 6.53. The molecule has 1 heterocycles. The van der Waals surface area contributed by atoms with Gasteiger partial charge in [-0.3, -0.25) is 9.59 Å². The number of benzene rings is 1. The smallest absolute Gasteiger partial charge is 0.310 e. The number of amides is 1. The molecule has 1 aliphatic heterocycles. The van der Waals surface area contributed by atoms with E-state index in [1.54, 1.807) is 19.1 Å². The predicted octanol–water partition coefficient (Wildman–Crippen LogP) is 4.20. The maximum atomic E-state index is 13.0. The number of allylic oxidation sites excluding steroid dienone is 4. The Morgan fingerprint density at radius 3 is 2.68 bits per heavy atom. The van der Waals surface area contributed by atoms with Crippen LogP contribution in [0.3, 0.4) is 0 Å². The van der Waals surface area contributed by atoms with Gasteiger partial charge in [-0.1, -0.05) is 43.7 Å². The molecular formula is C21H23NO3. The first kappa shape index (κ1) is 17.2. The lowest BCUT2D eigenvalue weighted by atomic mass is 9.98. The molecule has 1 aromatic carbocycles. The predicted molar refractivity (Wildman–Crippen MR) is 98.6 cm³/mol. The largest absolute Gasteiger partial charge is 0.481 e. The summed E-state index contributed by atoms with van der Waals surface area (Å²) in [5.74, 6) is -1.38. The lowest BCUT2D eigenvalue weighted by molar-refractivity contribution is -0.138. The first-order valence-corrected chi connectivity index (χ1v) is 8.78. The average molecular weight is 337 g/mol. The van der Waals surface area contributed by atoms with Gasteiger partial charge in [0.1, 0.15) is 0 Å². The summed E-state index contributed by atoms with van der Waals surface area (Å²) in [6, 6.07) is 7.38. The molecule has 4 nitrogen and oxygen atoms in total. The minimum absolute atomic E-state index is 0.0234. The van der Waals surface area contributed by atoms with E-state index in [1.807, 2.05) is 29.2 Å². The van der Waals surface area contributed by atoms with Crippen molar-refractivity contribution in [2.45, 2.75) is 45.1 Å². The summed E-state index contributed by atoms with van der Waals surface area (Å²) < 4.78 is 0. The summed E-state index contributed by atoms with van der Waals surface area (Å²) in [5.41, 5.74) is 3.45. The maximum absolute atomic E-state index is 13.0. The van der Waals surface area contributed by atoms with Crippen LogP contribution in [0.5, 0.6) is 0 Å². The van der Waals surface area contributed by atoms with Crippen molar-refractivity contribution in [1.29, 1.82) is 0 Å². The van der Waals surface area contributed by atoms with Crippen LogP contribution in [0.25, 0.3) is 0 Å². The number of fused-ring (bicyclic) bond motifs is 1. The van der Waals surface area contributed by atoms with E-state index in [0.717, 1.165) is 41.7 Å². The molecule has 0 bridgehead atoms. The van der Waals surface area contributed by atoms with E-state index < -0.39 is 11.9 Å². The molecule has 0 saturated carbocycles. The van der Waals surface area contributed by atoms with E-state index in [2.05, 4.69) is 19.1 Å². The van der Waals surface area contributed by atoms with Gasteiger partial charge in [-0.15, -0.1) is 0 Å². The fourth-order valence-corrected chi connectivity index (χ4v) is 3.49. The maximum Gasteiger partial charge on any atom is 0.310 e. The summed E-state index contributed by atoms with van der Waals surface area (Å²) in [6.07, 6.45) is 10.8. The summed E-state index contributed by atoms with van der Waals surface area (Å²) in [4.78, 5) is 26.0. The molecule has 0 aromatic heterocycles. The van der Waals surface area contributed by atoms with Crippen molar-refractivity contribution < 1.29 is 14.7 Å². The van der Waals surface area contributed by atoms with Crippen LogP contribution < -0.4 is 4.90 Å². The van der Waals surface area contributed by atoms with E-state index in [-0.39, 0.29) is 11.9 Å². The number of anilines is 1. The van der Waals surface area contributed by atoms with Crippen LogP contribution in [-0.2, 0) is 9.59 Å². The molecule has 1 aromatic rings. The van der Waals surface area contributed by atoms with Crippen LogP contribution in [0.2, 0.25) is 0 Å². The van der Waals surface area contributed by atoms with E-state index in [0.29, 0.717) is 0 Å². The number of carboxylic acids is 1. The highest BCUT2D eigenvalue weighted by Gasteiger charge is 2.39. The van der Waals surface area contributed by atoms with Crippen molar-refractivity contribution in [2.75, 3.05) is 4.90 Å². The van der Waals surface area contributed by atoms with Gasteiger partial charge < -0.3 is 10.0 Å². The standard InChI is InChI=1S/C21H23NO3/c1-3-7-19-17-8-5-4-6-9-18(17)20(23)22(19)16-12-10-15(11-13-16)14(2)21(24)25/h4,6,8-14,19H,3,5,7H2,1-2H3,(H,24,25). The van der Waals surface area contributed by atoms with E-state index in [4.69, 9.17) is 5.11 Å². The first-order chi connectivity index (χ1) is 12.0. The van der Waals surface area contributed by atoms with Gasteiger partial charge in [0.2, 0.25) is 0 Å². The molecule has 1 N–H and O–H groups in total. The van der Waals surface area contributed by atoms with E-state index in [1.165, 1.54) is 0 Å². The van der Waals surface area contributed by atoms with Crippen LogP contribution >= 0.6 is 0 Å². The normalized spacial score (nSPS) is 20.6. The third kappa shape index (κ3) is 3.16. The first-order valence-electron chi connectivity index (χ1n) is 8.78.